The van der Waals surface area contributed by atoms with Crippen molar-refractivity contribution in [3.05, 3.63) is 16.1 Å². The summed E-state index contributed by atoms with van der Waals surface area (Å²) in [6.07, 6.45) is 0. The van der Waals surface area contributed by atoms with E-state index in [-0.39, 0.29) is 12.1 Å². The average molecular weight is 313 g/mol. The maximum atomic E-state index is 12.3. The number of thioether (sulfide) groups is 1. The van der Waals surface area contributed by atoms with Gasteiger partial charge in [-0.2, -0.15) is 11.8 Å². The lowest BCUT2D eigenvalue weighted by molar-refractivity contribution is 0.193. The van der Waals surface area contributed by atoms with Gasteiger partial charge in [0.05, 0.1) is 16.7 Å². The van der Waals surface area contributed by atoms with Gasteiger partial charge in [-0.3, -0.25) is 0 Å². The molecular weight excluding hydrogens is 290 g/mol. The fraction of sp³-hybridized carbons (Fsp3) is 0.714. The average Bonchev–Trinajstić information content (AvgIpc) is 2.85. The molecule has 0 saturated carbocycles. The van der Waals surface area contributed by atoms with Gasteiger partial charge in [-0.1, -0.05) is 13.8 Å². The van der Waals surface area contributed by atoms with Crippen LogP contribution in [0.2, 0.25) is 0 Å². The van der Waals surface area contributed by atoms with Gasteiger partial charge < -0.3 is 10.2 Å². The van der Waals surface area contributed by atoms with Crippen molar-refractivity contribution in [2.45, 2.75) is 39.0 Å². The standard InChI is InChI=1S/C14H23N3OS2/c1-9(2)13-7-17(5-6-19-13)14(18)15-10(3)12-8-20-11(4)16-12/h8-10,13H,5-7H2,1-4H3,(H,15,18)/t10-,13+/m1/s1. The van der Waals surface area contributed by atoms with Crippen LogP contribution in [0, 0.1) is 12.8 Å². The molecule has 4 nitrogen and oxygen atoms in total. The van der Waals surface area contributed by atoms with Gasteiger partial charge in [0.25, 0.3) is 0 Å². The van der Waals surface area contributed by atoms with Crippen molar-refractivity contribution in [3.63, 3.8) is 0 Å². The monoisotopic (exact) mass is 313 g/mol. The zero-order valence-electron chi connectivity index (χ0n) is 12.5. The number of urea groups is 1. The molecule has 0 spiro atoms. The molecule has 0 aromatic carbocycles. The van der Waals surface area contributed by atoms with E-state index < -0.39 is 0 Å². The quantitative estimate of drug-likeness (QED) is 0.931. The van der Waals surface area contributed by atoms with Gasteiger partial charge in [0, 0.05) is 29.5 Å². The molecule has 20 heavy (non-hydrogen) atoms. The molecule has 6 heteroatoms. The van der Waals surface area contributed by atoms with Crippen LogP contribution in [-0.2, 0) is 0 Å². The first kappa shape index (κ1) is 15.6. The second kappa shape index (κ2) is 6.80. The topological polar surface area (TPSA) is 45.2 Å². The molecule has 2 rings (SSSR count). The Labute approximate surface area is 129 Å². The Morgan fingerprint density at radius 2 is 2.25 bits per heavy atom. The number of aromatic nitrogens is 1. The minimum atomic E-state index is -0.0282. The minimum absolute atomic E-state index is 0.0282. The van der Waals surface area contributed by atoms with E-state index in [0.29, 0.717) is 11.2 Å². The number of thiazole rings is 1. The van der Waals surface area contributed by atoms with Crippen molar-refractivity contribution < 1.29 is 4.79 Å². The van der Waals surface area contributed by atoms with E-state index in [2.05, 4.69) is 24.1 Å². The number of carbonyl (C=O) groups excluding carboxylic acids is 1. The number of carbonyl (C=O) groups is 1. The van der Waals surface area contributed by atoms with Crippen molar-refractivity contribution in [2.24, 2.45) is 5.92 Å². The smallest absolute Gasteiger partial charge is 0.317 e. The van der Waals surface area contributed by atoms with Gasteiger partial charge in [0.2, 0.25) is 0 Å². The van der Waals surface area contributed by atoms with Crippen molar-refractivity contribution in [3.8, 4) is 0 Å². The van der Waals surface area contributed by atoms with Crippen LogP contribution in [0.4, 0.5) is 4.79 Å². The third kappa shape index (κ3) is 3.88. The lowest BCUT2D eigenvalue weighted by Gasteiger charge is -2.34. The van der Waals surface area contributed by atoms with Crippen LogP contribution in [0.3, 0.4) is 0 Å². The van der Waals surface area contributed by atoms with Gasteiger partial charge in [0.15, 0.2) is 0 Å². The zero-order chi connectivity index (χ0) is 14.7. The molecule has 0 unspecified atom stereocenters. The number of amides is 2. The molecule has 2 atom stereocenters. The summed E-state index contributed by atoms with van der Waals surface area (Å²) in [4.78, 5) is 18.7. The first-order chi connectivity index (χ1) is 9.47. The molecule has 1 saturated heterocycles. The van der Waals surface area contributed by atoms with E-state index in [9.17, 15) is 4.79 Å². The van der Waals surface area contributed by atoms with E-state index >= 15 is 0 Å². The summed E-state index contributed by atoms with van der Waals surface area (Å²) in [7, 11) is 0. The molecule has 1 aliphatic heterocycles. The van der Waals surface area contributed by atoms with Crippen molar-refractivity contribution in [1.29, 1.82) is 0 Å². The largest absolute Gasteiger partial charge is 0.330 e. The second-order valence-corrected chi connectivity index (χ2v) is 7.97. The Morgan fingerprint density at radius 1 is 1.50 bits per heavy atom. The van der Waals surface area contributed by atoms with Crippen LogP contribution >= 0.6 is 23.1 Å². The first-order valence-electron chi connectivity index (χ1n) is 7.06. The summed E-state index contributed by atoms with van der Waals surface area (Å²) in [5, 5.41) is 6.66. The Kier molecular flexibility index (Phi) is 5.32. The van der Waals surface area contributed by atoms with Gasteiger partial charge in [-0.15, -0.1) is 11.3 Å². The molecule has 1 aromatic heterocycles. The summed E-state index contributed by atoms with van der Waals surface area (Å²) in [6.45, 7) is 10.1. The van der Waals surface area contributed by atoms with E-state index in [4.69, 9.17) is 0 Å². The fourth-order valence-corrected chi connectivity index (χ4v) is 4.20. The Bertz CT molecular complexity index is 461. The zero-order valence-corrected chi connectivity index (χ0v) is 14.2. The third-order valence-corrected chi connectivity index (χ3v) is 5.88. The number of nitrogens with zero attached hydrogens (tertiary/aromatic N) is 2. The molecule has 1 aliphatic rings. The highest BCUT2D eigenvalue weighted by atomic mass is 32.2. The van der Waals surface area contributed by atoms with Crippen LogP contribution in [0.1, 0.15) is 37.5 Å². The molecular formula is C14H23N3OS2. The summed E-state index contributed by atoms with van der Waals surface area (Å²) < 4.78 is 0. The molecule has 2 heterocycles. The van der Waals surface area contributed by atoms with Crippen molar-refractivity contribution in [1.82, 2.24) is 15.2 Å². The predicted molar refractivity (Wildman–Crippen MR) is 86.5 cm³/mol. The lowest BCUT2D eigenvalue weighted by atomic mass is 10.1. The predicted octanol–water partition coefficient (Wildman–Crippen LogP) is 3.30. The van der Waals surface area contributed by atoms with E-state index in [0.717, 1.165) is 29.5 Å². The van der Waals surface area contributed by atoms with Crippen LogP contribution in [-0.4, -0.2) is 40.0 Å². The second-order valence-electron chi connectivity index (χ2n) is 5.56. The van der Waals surface area contributed by atoms with Gasteiger partial charge in [-0.05, 0) is 19.8 Å². The SMILES string of the molecule is Cc1nc([C@@H](C)NC(=O)N2CCS[C@H](C(C)C)C2)cs1. The van der Waals surface area contributed by atoms with Crippen LogP contribution in [0.25, 0.3) is 0 Å². The van der Waals surface area contributed by atoms with Crippen LogP contribution in [0.15, 0.2) is 5.38 Å². The first-order valence-corrected chi connectivity index (χ1v) is 8.99. The molecule has 1 N–H and O–H groups in total. The Balaban J connectivity index is 1.91. The van der Waals surface area contributed by atoms with Gasteiger partial charge in [0.1, 0.15) is 0 Å². The molecule has 1 aromatic rings. The summed E-state index contributed by atoms with van der Waals surface area (Å²) in [5.74, 6) is 1.63. The molecule has 0 bridgehead atoms. The van der Waals surface area contributed by atoms with Crippen molar-refractivity contribution >= 4 is 29.1 Å². The summed E-state index contributed by atoms with van der Waals surface area (Å²) in [6, 6.07) is 0.00799. The Hall–Kier alpha value is -0.750. The van der Waals surface area contributed by atoms with Crippen LogP contribution < -0.4 is 5.32 Å². The molecule has 0 aliphatic carbocycles. The van der Waals surface area contributed by atoms with Crippen molar-refractivity contribution in [2.75, 3.05) is 18.8 Å². The Morgan fingerprint density at radius 3 is 2.85 bits per heavy atom. The number of hydrogen-bond donors (Lipinski definition) is 1. The fourth-order valence-electron chi connectivity index (χ4n) is 2.19. The number of hydrogen-bond acceptors (Lipinski definition) is 4. The molecule has 0 radical (unpaired) electrons. The van der Waals surface area contributed by atoms with E-state index in [1.807, 2.05) is 35.9 Å². The molecule has 1 fully saturated rings. The highest BCUT2D eigenvalue weighted by molar-refractivity contribution is 8.00. The number of nitrogens with one attached hydrogen (secondary N) is 1. The molecule has 112 valence electrons. The molecule has 2 amide bonds. The van der Waals surface area contributed by atoms with Crippen LogP contribution in [0.5, 0.6) is 0 Å². The lowest BCUT2D eigenvalue weighted by Crippen LogP contribution is -2.48. The third-order valence-electron chi connectivity index (χ3n) is 3.54. The number of aryl methyl sites for hydroxylation is 1. The maximum absolute atomic E-state index is 12.3. The normalized spacial score (nSPS) is 21.1. The van der Waals surface area contributed by atoms with E-state index in [1.165, 1.54) is 0 Å². The highest BCUT2D eigenvalue weighted by Crippen LogP contribution is 2.25. The number of rotatable bonds is 3. The minimum Gasteiger partial charge on any atom is -0.330 e. The summed E-state index contributed by atoms with van der Waals surface area (Å²) >= 11 is 3.60. The maximum Gasteiger partial charge on any atom is 0.317 e. The highest BCUT2D eigenvalue weighted by Gasteiger charge is 2.26. The van der Waals surface area contributed by atoms with E-state index in [1.54, 1.807) is 11.3 Å². The summed E-state index contributed by atoms with van der Waals surface area (Å²) in [5.41, 5.74) is 0.952. The van der Waals surface area contributed by atoms with Gasteiger partial charge in [-0.25, -0.2) is 9.78 Å². The van der Waals surface area contributed by atoms with Gasteiger partial charge >= 0.3 is 6.03 Å².